The minimum Gasteiger partial charge on any atom is -0.493 e. The molecule has 2 aromatic carbocycles. The van der Waals surface area contributed by atoms with E-state index in [1.165, 1.54) is 0 Å². The zero-order valence-electron chi connectivity index (χ0n) is 13.4. The molecular formula is C18H16N4O2. The van der Waals surface area contributed by atoms with Crippen LogP contribution < -0.4 is 9.47 Å². The smallest absolute Gasteiger partial charge is 0.181 e. The number of nitrogens with zero attached hydrogens (tertiary/aromatic N) is 4. The maximum Gasteiger partial charge on any atom is 0.181 e. The highest BCUT2D eigenvalue weighted by Crippen LogP contribution is 2.33. The van der Waals surface area contributed by atoms with Gasteiger partial charge < -0.3 is 9.47 Å². The van der Waals surface area contributed by atoms with Gasteiger partial charge in [0, 0.05) is 11.5 Å². The van der Waals surface area contributed by atoms with Crippen LogP contribution in [0, 0.1) is 0 Å². The molecule has 0 radical (unpaired) electrons. The summed E-state index contributed by atoms with van der Waals surface area (Å²) < 4.78 is 12.6. The molecule has 0 spiro atoms. The van der Waals surface area contributed by atoms with E-state index >= 15 is 0 Å². The Hall–Kier alpha value is -3.15. The van der Waals surface area contributed by atoms with Gasteiger partial charge in [-0.3, -0.25) is 0 Å². The lowest BCUT2D eigenvalue weighted by Gasteiger charge is -2.09. The number of rotatable bonds is 4. The highest BCUT2D eigenvalue weighted by atomic mass is 16.5. The Morgan fingerprint density at radius 1 is 0.917 bits per heavy atom. The van der Waals surface area contributed by atoms with Crippen LogP contribution in [0.4, 0.5) is 0 Å². The van der Waals surface area contributed by atoms with E-state index < -0.39 is 0 Å². The molecule has 0 aliphatic heterocycles. The summed E-state index contributed by atoms with van der Waals surface area (Å²) in [5.74, 6) is 1.30. The highest BCUT2D eigenvalue weighted by molar-refractivity contribution is 6.03. The van der Waals surface area contributed by atoms with Crippen LogP contribution in [0.2, 0.25) is 0 Å². The van der Waals surface area contributed by atoms with E-state index in [1.54, 1.807) is 14.2 Å². The molecule has 0 aliphatic carbocycles. The first-order chi connectivity index (χ1) is 11.8. The van der Waals surface area contributed by atoms with Gasteiger partial charge in [0.25, 0.3) is 0 Å². The van der Waals surface area contributed by atoms with Crippen molar-refractivity contribution in [3.8, 4) is 11.5 Å². The molecule has 0 saturated carbocycles. The standard InChI is InChI=1S/C18H16N4O2/c1-23-16-8-13-14-10-19-22(11-12-6-4-3-5-7-12)18(14)21-20-15(13)9-17(16)24-2/h3-10H,11H2,1-2H3. The van der Waals surface area contributed by atoms with E-state index in [1.807, 2.05) is 41.2 Å². The van der Waals surface area contributed by atoms with Crippen molar-refractivity contribution in [2.45, 2.75) is 6.54 Å². The molecule has 0 saturated heterocycles. The van der Waals surface area contributed by atoms with Crippen molar-refractivity contribution in [2.24, 2.45) is 0 Å². The molecule has 2 heterocycles. The van der Waals surface area contributed by atoms with Crippen LogP contribution in [0.5, 0.6) is 11.5 Å². The fourth-order valence-electron chi connectivity index (χ4n) is 2.81. The van der Waals surface area contributed by atoms with Crippen molar-refractivity contribution in [1.29, 1.82) is 0 Å². The van der Waals surface area contributed by atoms with Gasteiger partial charge >= 0.3 is 0 Å². The summed E-state index contributed by atoms with van der Waals surface area (Å²) >= 11 is 0. The zero-order chi connectivity index (χ0) is 16.5. The Bertz CT molecular complexity index is 1010. The molecule has 0 amide bonds. The second-order valence-corrected chi connectivity index (χ2v) is 5.45. The Labute approximate surface area is 138 Å². The van der Waals surface area contributed by atoms with E-state index in [2.05, 4.69) is 27.4 Å². The molecule has 6 nitrogen and oxygen atoms in total. The third kappa shape index (κ3) is 2.32. The van der Waals surface area contributed by atoms with E-state index in [4.69, 9.17) is 9.47 Å². The molecule has 0 unspecified atom stereocenters. The maximum absolute atomic E-state index is 5.40. The van der Waals surface area contributed by atoms with Gasteiger partial charge in [-0.2, -0.15) is 5.10 Å². The molecule has 0 bridgehead atoms. The third-order valence-electron chi connectivity index (χ3n) is 4.03. The molecule has 120 valence electrons. The average Bonchev–Trinajstić information content (AvgIpc) is 3.04. The van der Waals surface area contributed by atoms with Crippen LogP contribution in [-0.4, -0.2) is 34.2 Å². The second kappa shape index (κ2) is 5.81. The first-order valence-corrected chi connectivity index (χ1v) is 7.58. The number of hydrogen-bond acceptors (Lipinski definition) is 5. The van der Waals surface area contributed by atoms with Gasteiger partial charge in [-0.25, -0.2) is 4.68 Å². The number of benzene rings is 2. The first-order valence-electron chi connectivity index (χ1n) is 7.58. The van der Waals surface area contributed by atoms with Crippen molar-refractivity contribution in [2.75, 3.05) is 14.2 Å². The van der Waals surface area contributed by atoms with Crippen molar-refractivity contribution >= 4 is 21.9 Å². The summed E-state index contributed by atoms with van der Waals surface area (Å²) in [6.07, 6.45) is 1.82. The van der Waals surface area contributed by atoms with Crippen LogP contribution in [0.25, 0.3) is 21.9 Å². The fraction of sp³-hybridized carbons (Fsp3) is 0.167. The quantitative estimate of drug-likeness (QED) is 0.578. The molecule has 0 aliphatic rings. The number of ether oxygens (including phenoxy) is 2. The molecule has 6 heteroatoms. The Morgan fingerprint density at radius 2 is 1.67 bits per heavy atom. The molecule has 4 rings (SSSR count). The van der Waals surface area contributed by atoms with Gasteiger partial charge in [0.05, 0.1) is 37.9 Å². The third-order valence-corrected chi connectivity index (χ3v) is 4.03. The molecule has 0 fully saturated rings. The van der Waals surface area contributed by atoms with Gasteiger partial charge in [-0.05, 0) is 11.6 Å². The normalized spacial score (nSPS) is 11.1. The van der Waals surface area contributed by atoms with Crippen molar-refractivity contribution in [3.05, 3.63) is 54.2 Å². The zero-order valence-corrected chi connectivity index (χ0v) is 13.4. The van der Waals surface area contributed by atoms with Crippen LogP contribution in [0.15, 0.2) is 48.7 Å². The second-order valence-electron chi connectivity index (χ2n) is 5.45. The summed E-state index contributed by atoms with van der Waals surface area (Å²) in [5.41, 5.74) is 2.66. The molecular weight excluding hydrogens is 304 g/mol. The van der Waals surface area contributed by atoms with Crippen molar-refractivity contribution < 1.29 is 9.47 Å². The lowest BCUT2D eigenvalue weighted by molar-refractivity contribution is 0.356. The lowest BCUT2D eigenvalue weighted by atomic mass is 10.1. The van der Waals surface area contributed by atoms with Crippen molar-refractivity contribution in [1.82, 2.24) is 20.0 Å². The fourth-order valence-corrected chi connectivity index (χ4v) is 2.81. The summed E-state index contributed by atoms with van der Waals surface area (Å²) in [6, 6.07) is 13.9. The van der Waals surface area contributed by atoms with Crippen LogP contribution in [0.3, 0.4) is 0 Å². The van der Waals surface area contributed by atoms with E-state index in [0.717, 1.165) is 27.5 Å². The van der Waals surface area contributed by atoms with E-state index in [9.17, 15) is 0 Å². The van der Waals surface area contributed by atoms with Crippen LogP contribution in [-0.2, 0) is 6.54 Å². The number of aromatic nitrogens is 4. The van der Waals surface area contributed by atoms with Crippen LogP contribution in [0.1, 0.15) is 5.56 Å². The topological polar surface area (TPSA) is 62.1 Å². The summed E-state index contributed by atoms with van der Waals surface area (Å²) in [5, 5.41) is 15.0. The first kappa shape index (κ1) is 14.4. The number of fused-ring (bicyclic) bond motifs is 3. The Morgan fingerprint density at radius 3 is 2.42 bits per heavy atom. The van der Waals surface area contributed by atoms with E-state index in [0.29, 0.717) is 18.0 Å². The number of hydrogen-bond donors (Lipinski definition) is 0. The minimum absolute atomic E-state index is 0.635. The van der Waals surface area contributed by atoms with E-state index in [-0.39, 0.29) is 0 Å². The molecule has 0 atom stereocenters. The highest BCUT2D eigenvalue weighted by Gasteiger charge is 2.13. The van der Waals surface area contributed by atoms with Gasteiger partial charge in [0.1, 0.15) is 0 Å². The minimum atomic E-state index is 0.635. The lowest BCUT2D eigenvalue weighted by Crippen LogP contribution is -2.03. The van der Waals surface area contributed by atoms with Crippen LogP contribution >= 0.6 is 0 Å². The monoisotopic (exact) mass is 320 g/mol. The SMILES string of the molecule is COc1cc2nnc3c(cnn3Cc3ccccc3)c2cc1OC. The molecule has 24 heavy (non-hydrogen) atoms. The maximum atomic E-state index is 5.40. The Balaban J connectivity index is 1.87. The molecule has 0 N–H and O–H groups in total. The summed E-state index contributed by atoms with van der Waals surface area (Å²) in [4.78, 5) is 0. The van der Waals surface area contributed by atoms with Gasteiger partial charge in [0.15, 0.2) is 17.1 Å². The molecule has 2 aromatic heterocycles. The summed E-state index contributed by atoms with van der Waals surface area (Å²) in [7, 11) is 3.22. The van der Waals surface area contributed by atoms with Crippen molar-refractivity contribution in [3.63, 3.8) is 0 Å². The number of methoxy groups -OCH3 is 2. The average molecular weight is 320 g/mol. The summed E-state index contributed by atoms with van der Waals surface area (Å²) in [6.45, 7) is 0.651. The largest absolute Gasteiger partial charge is 0.493 e. The predicted molar refractivity (Wildman–Crippen MR) is 91.5 cm³/mol. The predicted octanol–water partition coefficient (Wildman–Crippen LogP) is 3.05. The Kier molecular flexibility index (Phi) is 3.49. The van der Waals surface area contributed by atoms with Gasteiger partial charge in [-0.15, -0.1) is 10.2 Å². The molecule has 4 aromatic rings. The van der Waals surface area contributed by atoms with Gasteiger partial charge in [0.2, 0.25) is 0 Å². The van der Waals surface area contributed by atoms with Gasteiger partial charge in [-0.1, -0.05) is 30.3 Å².